The number of nitrogens with one attached hydrogen (secondary N) is 2. The molecule has 0 spiro atoms. The van der Waals surface area contributed by atoms with Crippen LogP contribution in [-0.2, 0) is 16.6 Å². The second-order valence-electron chi connectivity index (χ2n) is 6.02. The minimum atomic E-state index is -3.84. The first kappa shape index (κ1) is 16.4. The number of hydrogen-bond donors (Lipinski definition) is 2. The van der Waals surface area contributed by atoms with Crippen LogP contribution in [0.2, 0.25) is 0 Å². The van der Waals surface area contributed by atoms with Gasteiger partial charge in [-0.3, -0.25) is 0 Å². The molecule has 1 aliphatic carbocycles. The second kappa shape index (κ2) is 6.42. The van der Waals surface area contributed by atoms with Crippen molar-refractivity contribution in [2.24, 2.45) is 0 Å². The molecule has 0 radical (unpaired) electrons. The zero-order valence-corrected chi connectivity index (χ0v) is 13.4. The van der Waals surface area contributed by atoms with Gasteiger partial charge < -0.3 is 5.32 Å². The third kappa shape index (κ3) is 4.02. The van der Waals surface area contributed by atoms with Crippen LogP contribution in [0.4, 0.5) is 4.39 Å². The van der Waals surface area contributed by atoms with E-state index in [0.29, 0.717) is 6.54 Å². The first-order valence-electron chi connectivity index (χ1n) is 7.33. The maximum absolute atomic E-state index is 13.9. The lowest BCUT2D eigenvalue weighted by Crippen LogP contribution is -2.47. The van der Waals surface area contributed by atoms with E-state index in [4.69, 9.17) is 0 Å². The summed E-state index contributed by atoms with van der Waals surface area (Å²) in [5, 5.41) is 2.93. The Bertz CT molecular complexity index is 596. The molecule has 118 valence electrons. The first-order chi connectivity index (χ1) is 9.86. The molecule has 1 aromatic rings. The van der Waals surface area contributed by atoms with Crippen molar-refractivity contribution in [3.63, 3.8) is 0 Å². The Morgan fingerprint density at radius 3 is 2.52 bits per heavy atom. The zero-order valence-electron chi connectivity index (χ0n) is 12.6. The highest BCUT2D eigenvalue weighted by molar-refractivity contribution is 7.89. The monoisotopic (exact) mass is 314 g/mol. The minimum Gasteiger partial charge on any atom is -0.316 e. The Balaban J connectivity index is 2.28. The smallest absolute Gasteiger partial charge is 0.243 e. The largest absolute Gasteiger partial charge is 0.316 e. The predicted octanol–water partition coefficient (Wildman–Crippen LogP) is 2.55. The Hall–Kier alpha value is -0.980. The van der Waals surface area contributed by atoms with Gasteiger partial charge in [-0.25, -0.2) is 17.5 Å². The van der Waals surface area contributed by atoms with Crippen LogP contribution in [0.15, 0.2) is 23.1 Å². The van der Waals surface area contributed by atoms with Crippen LogP contribution in [0.5, 0.6) is 0 Å². The van der Waals surface area contributed by atoms with Crippen LogP contribution in [-0.4, -0.2) is 21.0 Å². The van der Waals surface area contributed by atoms with Gasteiger partial charge in [-0.1, -0.05) is 25.3 Å². The van der Waals surface area contributed by atoms with Crippen LogP contribution >= 0.6 is 0 Å². The standard InChI is InChI=1S/C15H23FN2O2S/c1-15(8-4-3-5-9-15)18-21(19,20)14-10-12(11-17-2)6-7-13(14)16/h6-7,10,17-18H,3-5,8-9,11H2,1-2H3. The summed E-state index contributed by atoms with van der Waals surface area (Å²) < 4.78 is 41.7. The number of sulfonamides is 1. The number of benzene rings is 1. The van der Waals surface area contributed by atoms with Crippen molar-refractivity contribution in [2.75, 3.05) is 7.05 Å². The van der Waals surface area contributed by atoms with Crippen LogP contribution in [0.3, 0.4) is 0 Å². The predicted molar refractivity (Wildman–Crippen MR) is 81.0 cm³/mol. The van der Waals surface area contributed by atoms with E-state index in [-0.39, 0.29) is 4.90 Å². The van der Waals surface area contributed by atoms with Gasteiger partial charge in [0.05, 0.1) is 0 Å². The summed E-state index contributed by atoms with van der Waals surface area (Å²) in [5.74, 6) is -0.707. The van der Waals surface area contributed by atoms with Crippen LogP contribution < -0.4 is 10.0 Å². The maximum atomic E-state index is 13.9. The van der Waals surface area contributed by atoms with Gasteiger partial charge in [-0.05, 0) is 44.5 Å². The molecule has 1 aromatic carbocycles. The lowest BCUT2D eigenvalue weighted by Gasteiger charge is -2.34. The summed E-state index contributed by atoms with van der Waals surface area (Å²) in [6, 6.07) is 4.21. The Morgan fingerprint density at radius 2 is 1.90 bits per heavy atom. The fraction of sp³-hybridized carbons (Fsp3) is 0.600. The van der Waals surface area contributed by atoms with Crippen molar-refractivity contribution < 1.29 is 12.8 Å². The molecular formula is C15H23FN2O2S. The second-order valence-corrected chi connectivity index (χ2v) is 7.67. The fourth-order valence-electron chi connectivity index (χ4n) is 2.88. The highest BCUT2D eigenvalue weighted by Gasteiger charge is 2.33. The Labute approximate surface area is 126 Å². The molecule has 6 heteroatoms. The molecule has 2 N–H and O–H groups in total. The normalized spacial score (nSPS) is 18.6. The summed E-state index contributed by atoms with van der Waals surface area (Å²) in [6.07, 6.45) is 4.72. The summed E-state index contributed by atoms with van der Waals surface area (Å²) >= 11 is 0. The number of halogens is 1. The third-order valence-corrected chi connectivity index (χ3v) is 5.66. The topological polar surface area (TPSA) is 58.2 Å². The van der Waals surface area contributed by atoms with Gasteiger partial charge in [-0.2, -0.15) is 0 Å². The zero-order chi connectivity index (χ0) is 15.5. The van der Waals surface area contributed by atoms with E-state index >= 15 is 0 Å². The molecule has 0 amide bonds. The van der Waals surface area contributed by atoms with Crippen LogP contribution in [0.25, 0.3) is 0 Å². The molecule has 0 atom stereocenters. The molecule has 0 unspecified atom stereocenters. The van der Waals surface area contributed by atoms with Gasteiger partial charge in [0.25, 0.3) is 0 Å². The van der Waals surface area contributed by atoms with E-state index in [1.54, 1.807) is 13.1 Å². The van der Waals surface area contributed by atoms with Crippen LogP contribution in [0, 0.1) is 5.82 Å². The SMILES string of the molecule is CNCc1ccc(F)c(S(=O)(=O)NC2(C)CCCCC2)c1. The minimum absolute atomic E-state index is 0.262. The van der Waals surface area contributed by atoms with E-state index in [9.17, 15) is 12.8 Å². The summed E-state index contributed by atoms with van der Waals surface area (Å²) in [6.45, 7) is 2.40. The molecule has 1 fully saturated rings. The first-order valence-corrected chi connectivity index (χ1v) is 8.82. The molecule has 1 aliphatic rings. The molecule has 0 aromatic heterocycles. The molecule has 1 saturated carbocycles. The van der Waals surface area contributed by atoms with Crippen LogP contribution in [0.1, 0.15) is 44.6 Å². The Morgan fingerprint density at radius 1 is 1.24 bits per heavy atom. The highest BCUT2D eigenvalue weighted by atomic mass is 32.2. The van der Waals surface area contributed by atoms with Crippen molar-refractivity contribution in [1.29, 1.82) is 0 Å². The number of rotatable bonds is 5. The average Bonchev–Trinajstić information content (AvgIpc) is 2.40. The van der Waals surface area contributed by atoms with Crippen molar-refractivity contribution in [2.45, 2.75) is 56.0 Å². The van der Waals surface area contributed by atoms with Gasteiger partial charge in [-0.15, -0.1) is 0 Å². The van der Waals surface area contributed by atoms with Crippen molar-refractivity contribution in [3.8, 4) is 0 Å². The summed E-state index contributed by atoms with van der Waals surface area (Å²) in [5.41, 5.74) is 0.274. The van der Waals surface area contributed by atoms with E-state index in [1.807, 2.05) is 6.92 Å². The van der Waals surface area contributed by atoms with Gasteiger partial charge in [0.15, 0.2) is 0 Å². The quantitative estimate of drug-likeness (QED) is 0.878. The van der Waals surface area contributed by atoms with Crippen molar-refractivity contribution in [3.05, 3.63) is 29.6 Å². The van der Waals surface area contributed by atoms with Crippen molar-refractivity contribution in [1.82, 2.24) is 10.0 Å². The molecular weight excluding hydrogens is 291 g/mol. The lowest BCUT2D eigenvalue weighted by atomic mass is 9.84. The molecule has 0 saturated heterocycles. The maximum Gasteiger partial charge on any atom is 0.243 e. The highest BCUT2D eigenvalue weighted by Crippen LogP contribution is 2.29. The van der Waals surface area contributed by atoms with E-state index < -0.39 is 21.4 Å². The lowest BCUT2D eigenvalue weighted by molar-refractivity contribution is 0.293. The van der Waals surface area contributed by atoms with E-state index in [2.05, 4.69) is 10.0 Å². The fourth-order valence-corrected chi connectivity index (χ4v) is 4.48. The Kier molecular flexibility index (Phi) is 5.01. The third-order valence-electron chi connectivity index (χ3n) is 4.00. The number of hydrogen-bond acceptors (Lipinski definition) is 3. The van der Waals surface area contributed by atoms with Gasteiger partial charge in [0.2, 0.25) is 10.0 Å². The van der Waals surface area contributed by atoms with E-state index in [1.165, 1.54) is 12.1 Å². The van der Waals surface area contributed by atoms with Crippen molar-refractivity contribution >= 4 is 10.0 Å². The van der Waals surface area contributed by atoms with Gasteiger partial charge in [0, 0.05) is 12.1 Å². The molecule has 0 aliphatic heterocycles. The van der Waals surface area contributed by atoms with Gasteiger partial charge >= 0.3 is 0 Å². The summed E-state index contributed by atoms with van der Waals surface area (Å²) in [7, 11) is -2.08. The molecule has 2 rings (SSSR count). The summed E-state index contributed by atoms with van der Waals surface area (Å²) in [4.78, 5) is -0.262. The molecule has 21 heavy (non-hydrogen) atoms. The van der Waals surface area contributed by atoms with E-state index in [0.717, 1.165) is 37.7 Å². The average molecular weight is 314 g/mol. The molecule has 0 bridgehead atoms. The van der Waals surface area contributed by atoms with Gasteiger partial charge in [0.1, 0.15) is 10.7 Å². The molecule has 0 heterocycles. The molecule has 4 nitrogen and oxygen atoms in total.